The van der Waals surface area contributed by atoms with E-state index < -0.39 is 11.9 Å². The van der Waals surface area contributed by atoms with Crippen molar-refractivity contribution >= 4 is 11.9 Å². The summed E-state index contributed by atoms with van der Waals surface area (Å²) in [5.41, 5.74) is 0. The Kier molecular flexibility index (Phi) is 7.96. The molecular formula is C14H24N2O5. The van der Waals surface area contributed by atoms with Crippen LogP contribution in [0.25, 0.3) is 0 Å². The van der Waals surface area contributed by atoms with Crippen LogP contribution < -0.4 is 0 Å². The average Bonchev–Trinajstić information content (AvgIpc) is 2.44. The van der Waals surface area contributed by atoms with Crippen LogP contribution in [-0.2, 0) is 23.8 Å². The summed E-state index contributed by atoms with van der Waals surface area (Å²) in [6.07, 6.45) is 2.30. The molecule has 1 heterocycles. The van der Waals surface area contributed by atoms with Gasteiger partial charge < -0.3 is 19.1 Å². The molecule has 0 aromatic carbocycles. The lowest BCUT2D eigenvalue weighted by molar-refractivity contribution is -0.140. The summed E-state index contributed by atoms with van der Waals surface area (Å²) < 4.78 is 15.1. The third-order valence-electron chi connectivity index (χ3n) is 3.00. The summed E-state index contributed by atoms with van der Waals surface area (Å²) in [5.74, 6) is -1.12. The zero-order chi connectivity index (χ0) is 15.7. The quantitative estimate of drug-likeness (QED) is 0.465. The van der Waals surface area contributed by atoms with Crippen LogP contribution in [0, 0.1) is 0 Å². The van der Waals surface area contributed by atoms with Crippen LogP contribution in [0.15, 0.2) is 12.2 Å². The molecule has 1 atom stereocenters. The maximum atomic E-state index is 11.3. The molecule has 1 fully saturated rings. The van der Waals surface area contributed by atoms with E-state index in [0.29, 0.717) is 19.8 Å². The van der Waals surface area contributed by atoms with Crippen molar-refractivity contribution in [2.75, 3.05) is 60.6 Å². The molecular weight excluding hydrogens is 276 g/mol. The van der Waals surface area contributed by atoms with Gasteiger partial charge in [-0.2, -0.15) is 0 Å². The van der Waals surface area contributed by atoms with Crippen LogP contribution in [0.2, 0.25) is 0 Å². The molecule has 0 N–H and O–H groups in total. The predicted molar refractivity (Wildman–Crippen MR) is 76.8 cm³/mol. The summed E-state index contributed by atoms with van der Waals surface area (Å²) in [5, 5.41) is 0. The van der Waals surface area contributed by atoms with E-state index in [1.54, 1.807) is 0 Å². The van der Waals surface area contributed by atoms with Gasteiger partial charge in [0.05, 0.1) is 19.8 Å². The molecule has 1 aliphatic heterocycles. The molecule has 7 nitrogen and oxygen atoms in total. The zero-order valence-electron chi connectivity index (χ0n) is 12.9. The second-order valence-electron chi connectivity index (χ2n) is 5.08. The standard InChI is InChI=1S/C14H24N2O5/c1-15(2)10-12-11-16(6-8-20-12)7-9-21-14(18)5-4-13(17)19-3/h4-5,12H,6-11H2,1-3H3/b5-4+. The van der Waals surface area contributed by atoms with Crippen LogP contribution in [0.5, 0.6) is 0 Å². The number of carbonyl (C=O) groups excluding carboxylic acids is 2. The van der Waals surface area contributed by atoms with E-state index in [1.807, 2.05) is 14.1 Å². The molecule has 0 aliphatic carbocycles. The molecule has 7 heteroatoms. The Morgan fingerprint density at radius 2 is 2.05 bits per heavy atom. The Morgan fingerprint density at radius 3 is 2.71 bits per heavy atom. The number of hydrogen-bond donors (Lipinski definition) is 0. The molecule has 0 spiro atoms. The summed E-state index contributed by atoms with van der Waals surface area (Å²) in [7, 11) is 5.27. The van der Waals surface area contributed by atoms with Gasteiger partial charge >= 0.3 is 11.9 Å². The number of carbonyl (C=O) groups is 2. The van der Waals surface area contributed by atoms with E-state index in [9.17, 15) is 9.59 Å². The van der Waals surface area contributed by atoms with Gasteiger partial charge in [-0.3, -0.25) is 4.90 Å². The number of hydrogen-bond acceptors (Lipinski definition) is 7. The molecule has 0 saturated carbocycles. The van der Waals surface area contributed by atoms with Gasteiger partial charge in [-0.05, 0) is 14.1 Å². The van der Waals surface area contributed by atoms with Crippen molar-refractivity contribution < 1.29 is 23.8 Å². The molecule has 0 aromatic heterocycles. The van der Waals surface area contributed by atoms with Crippen molar-refractivity contribution in [1.82, 2.24) is 9.80 Å². The molecule has 0 amide bonds. The van der Waals surface area contributed by atoms with Crippen molar-refractivity contribution in [1.29, 1.82) is 0 Å². The third-order valence-corrected chi connectivity index (χ3v) is 3.00. The summed E-state index contributed by atoms with van der Waals surface area (Å²) in [6.45, 7) is 4.17. The number of likely N-dealkylation sites (N-methyl/N-ethyl adjacent to an activating group) is 1. The molecule has 0 bridgehead atoms. The van der Waals surface area contributed by atoms with E-state index in [1.165, 1.54) is 7.11 Å². The maximum Gasteiger partial charge on any atom is 0.331 e. The Labute approximate surface area is 125 Å². The van der Waals surface area contributed by atoms with Gasteiger partial charge in [0.25, 0.3) is 0 Å². The van der Waals surface area contributed by atoms with Crippen molar-refractivity contribution in [3.63, 3.8) is 0 Å². The zero-order valence-corrected chi connectivity index (χ0v) is 12.9. The fraction of sp³-hybridized carbons (Fsp3) is 0.714. The van der Waals surface area contributed by atoms with Gasteiger partial charge in [0.1, 0.15) is 6.61 Å². The fourth-order valence-corrected chi connectivity index (χ4v) is 2.03. The smallest absolute Gasteiger partial charge is 0.331 e. The minimum absolute atomic E-state index is 0.184. The summed E-state index contributed by atoms with van der Waals surface area (Å²) in [6, 6.07) is 0. The van der Waals surface area contributed by atoms with Crippen LogP contribution in [-0.4, -0.2) is 88.4 Å². The van der Waals surface area contributed by atoms with Crippen molar-refractivity contribution in [2.45, 2.75) is 6.10 Å². The molecule has 1 rings (SSSR count). The first kappa shape index (κ1) is 17.6. The minimum atomic E-state index is -0.577. The largest absolute Gasteiger partial charge is 0.466 e. The van der Waals surface area contributed by atoms with Crippen LogP contribution in [0.4, 0.5) is 0 Å². The highest BCUT2D eigenvalue weighted by Gasteiger charge is 2.20. The molecule has 1 unspecified atom stereocenters. The number of ether oxygens (including phenoxy) is 3. The van der Waals surface area contributed by atoms with Gasteiger partial charge in [-0.15, -0.1) is 0 Å². The molecule has 21 heavy (non-hydrogen) atoms. The predicted octanol–water partition coefficient (Wildman–Crippen LogP) is -0.479. The lowest BCUT2D eigenvalue weighted by Crippen LogP contribution is -2.47. The first-order chi connectivity index (χ1) is 10.0. The van der Waals surface area contributed by atoms with Gasteiger partial charge in [0, 0.05) is 38.3 Å². The van der Waals surface area contributed by atoms with Gasteiger partial charge in [-0.25, -0.2) is 9.59 Å². The SMILES string of the molecule is COC(=O)/C=C/C(=O)OCCN1CCOC(CN(C)C)C1. The highest BCUT2D eigenvalue weighted by atomic mass is 16.5. The van der Waals surface area contributed by atoms with Crippen molar-refractivity contribution in [3.8, 4) is 0 Å². The van der Waals surface area contributed by atoms with E-state index in [2.05, 4.69) is 14.5 Å². The second kappa shape index (κ2) is 9.49. The number of morpholine rings is 1. The van der Waals surface area contributed by atoms with Gasteiger partial charge in [0.15, 0.2) is 0 Å². The highest BCUT2D eigenvalue weighted by Crippen LogP contribution is 2.05. The Hall–Kier alpha value is -1.44. The van der Waals surface area contributed by atoms with Crippen LogP contribution in [0.1, 0.15) is 0 Å². The lowest BCUT2D eigenvalue weighted by atomic mass is 10.2. The van der Waals surface area contributed by atoms with Gasteiger partial charge in [0.2, 0.25) is 0 Å². The Balaban J connectivity index is 2.21. The van der Waals surface area contributed by atoms with Crippen molar-refractivity contribution in [2.24, 2.45) is 0 Å². The molecule has 120 valence electrons. The second-order valence-corrected chi connectivity index (χ2v) is 5.08. The van der Waals surface area contributed by atoms with Crippen LogP contribution in [0.3, 0.4) is 0 Å². The summed E-state index contributed by atoms with van der Waals surface area (Å²) in [4.78, 5) is 26.5. The molecule has 1 aliphatic rings. The third kappa shape index (κ3) is 7.79. The minimum Gasteiger partial charge on any atom is -0.466 e. The fourth-order valence-electron chi connectivity index (χ4n) is 2.03. The van der Waals surface area contributed by atoms with E-state index in [0.717, 1.165) is 31.8 Å². The monoisotopic (exact) mass is 300 g/mol. The molecule has 0 radical (unpaired) electrons. The maximum absolute atomic E-state index is 11.3. The first-order valence-electron chi connectivity index (χ1n) is 6.92. The van der Waals surface area contributed by atoms with E-state index >= 15 is 0 Å². The topological polar surface area (TPSA) is 68.3 Å². The number of esters is 2. The Morgan fingerprint density at radius 1 is 1.33 bits per heavy atom. The Bertz CT molecular complexity index is 370. The van der Waals surface area contributed by atoms with Gasteiger partial charge in [-0.1, -0.05) is 0 Å². The normalized spacial score (nSPS) is 19.9. The number of rotatable bonds is 7. The number of nitrogens with zero attached hydrogens (tertiary/aromatic N) is 2. The lowest BCUT2D eigenvalue weighted by Gasteiger charge is -2.33. The van der Waals surface area contributed by atoms with Crippen LogP contribution >= 0.6 is 0 Å². The van der Waals surface area contributed by atoms with Crippen molar-refractivity contribution in [3.05, 3.63) is 12.2 Å². The van der Waals surface area contributed by atoms with E-state index in [-0.39, 0.29) is 6.10 Å². The number of methoxy groups -OCH3 is 1. The summed E-state index contributed by atoms with van der Waals surface area (Å²) >= 11 is 0. The molecule has 0 aromatic rings. The first-order valence-corrected chi connectivity index (χ1v) is 6.92. The molecule has 1 saturated heterocycles. The van der Waals surface area contributed by atoms with E-state index in [4.69, 9.17) is 9.47 Å². The highest BCUT2D eigenvalue weighted by molar-refractivity contribution is 5.91. The average molecular weight is 300 g/mol.